The minimum absolute atomic E-state index is 1.13. The molecule has 2 nitrogen and oxygen atoms in total. The Morgan fingerprint density at radius 1 is 1.07 bits per heavy atom. The molecule has 15 heavy (non-hydrogen) atoms. The van der Waals surface area contributed by atoms with E-state index in [4.69, 9.17) is 0 Å². The van der Waals surface area contributed by atoms with Gasteiger partial charge in [-0.3, -0.25) is 0 Å². The van der Waals surface area contributed by atoms with Gasteiger partial charge in [0.15, 0.2) is 0 Å². The fourth-order valence-corrected chi connectivity index (χ4v) is 2.17. The summed E-state index contributed by atoms with van der Waals surface area (Å²) in [7, 11) is 2.20. The molecule has 0 bridgehead atoms. The molecule has 0 saturated carbocycles. The number of hydrogen-bond donors (Lipinski definition) is 0. The number of anilines is 1. The third-order valence-electron chi connectivity index (χ3n) is 3.22. The number of para-hydroxylation sites is 1. The zero-order valence-electron chi connectivity index (χ0n) is 9.74. The Labute approximate surface area is 92.5 Å². The van der Waals surface area contributed by atoms with Crippen molar-refractivity contribution in [3.63, 3.8) is 0 Å². The van der Waals surface area contributed by atoms with Crippen LogP contribution in [0.5, 0.6) is 0 Å². The molecule has 0 N–H and O–H groups in total. The largest absolute Gasteiger partial charge is 0.369 e. The molecular formula is C13H20N2. The number of rotatable bonds is 2. The summed E-state index contributed by atoms with van der Waals surface area (Å²) in [5.74, 6) is 0. The van der Waals surface area contributed by atoms with Gasteiger partial charge in [0.25, 0.3) is 0 Å². The van der Waals surface area contributed by atoms with Gasteiger partial charge in [-0.05, 0) is 25.1 Å². The second-order valence-electron chi connectivity index (χ2n) is 4.27. The van der Waals surface area contributed by atoms with Crippen molar-refractivity contribution in [2.24, 2.45) is 0 Å². The van der Waals surface area contributed by atoms with Gasteiger partial charge in [-0.1, -0.05) is 25.1 Å². The maximum absolute atomic E-state index is 2.51. The van der Waals surface area contributed by atoms with Gasteiger partial charge in [-0.25, -0.2) is 0 Å². The van der Waals surface area contributed by atoms with Crippen LogP contribution < -0.4 is 4.90 Å². The molecule has 0 aliphatic carbocycles. The Balaban J connectivity index is 2.15. The van der Waals surface area contributed by atoms with Crippen LogP contribution in [0.2, 0.25) is 0 Å². The lowest BCUT2D eigenvalue weighted by Crippen LogP contribution is -2.44. The molecule has 0 atom stereocenters. The van der Waals surface area contributed by atoms with Crippen molar-refractivity contribution < 1.29 is 0 Å². The highest BCUT2D eigenvalue weighted by atomic mass is 15.2. The molecule has 1 saturated heterocycles. The first-order valence-corrected chi connectivity index (χ1v) is 5.82. The standard InChI is InChI=1S/C13H20N2/c1-3-12-6-4-5-7-13(12)15-10-8-14(2)9-11-15/h4-7H,3,8-11H2,1-2H3. The molecule has 0 amide bonds. The second kappa shape index (κ2) is 4.67. The fraction of sp³-hybridized carbons (Fsp3) is 0.538. The Bertz CT molecular complexity index is 314. The maximum atomic E-state index is 2.51. The van der Waals surface area contributed by atoms with E-state index in [0.29, 0.717) is 0 Å². The van der Waals surface area contributed by atoms with Crippen molar-refractivity contribution in [2.75, 3.05) is 38.1 Å². The van der Waals surface area contributed by atoms with Gasteiger partial charge in [0.1, 0.15) is 0 Å². The molecule has 1 aliphatic heterocycles. The van der Waals surface area contributed by atoms with Crippen molar-refractivity contribution in [3.8, 4) is 0 Å². The van der Waals surface area contributed by atoms with Crippen LogP contribution in [0.15, 0.2) is 24.3 Å². The summed E-state index contributed by atoms with van der Waals surface area (Å²) in [6.07, 6.45) is 1.13. The lowest BCUT2D eigenvalue weighted by atomic mass is 10.1. The van der Waals surface area contributed by atoms with E-state index in [2.05, 4.69) is 48.0 Å². The zero-order chi connectivity index (χ0) is 10.7. The topological polar surface area (TPSA) is 6.48 Å². The van der Waals surface area contributed by atoms with Crippen molar-refractivity contribution in [2.45, 2.75) is 13.3 Å². The van der Waals surface area contributed by atoms with Crippen molar-refractivity contribution in [1.82, 2.24) is 4.90 Å². The quantitative estimate of drug-likeness (QED) is 0.727. The predicted octanol–water partition coefficient (Wildman–Crippen LogP) is 2.00. The Morgan fingerprint density at radius 2 is 1.73 bits per heavy atom. The highest BCUT2D eigenvalue weighted by Gasteiger charge is 2.15. The molecule has 0 aromatic heterocycles. The Morgan fingerprint density at radius 3 is 2.40 bits per heavy atom. The highest BCUT2D eigenvalue weighted by Crippen LogP contribution is 2.21. The first-order valence-electron chi connectivity index (χ1n) is 5.82. The van der Waals surface area contributed by atoms with Crippen molar-refractivity contribution in [3.05, 3.63) is 29.8 Å². The van der Waals surface area contributed by atoms with Gasteiger partial charge < -0.3 is 9.80 Å². The van der Waals surface area contributed by atoms with Gasteiger partial charge in [0.05, 0.1) is 0 Å². The molecule has 1 heterocycles. The van der Waals surface area contributed by atoms with E-state index in [9.17, 15) is 0 Å². The lowest BCUT2D eigenvalue weighted by molar-refractivity contribution is 0.312. The number of benzene rings is 1. The maximum Gasteiger partial charge on any atom is 0.0399 e. The predicted molar refractivity (Wildman–Crippen MR) is 65.5 cm³/mol. The van der Waals surface area contributed by atoms with Gasteiger partial charge in [0, 0.05) is 31.9 Å². The minimum Gasteiger partial charge on any atom is -0.369 e. The number of piperazine rings is 1. The minimum atomic E-state index is 1.13. The van der Waals surface area contributed by atoms with Crippen LogP contribution in [-0.2, 0) is 6.42 Å². The SMILES string of the molecule is CCc1ccccc1N1CCN(C)CC1. The van der Waals surface area contributed by atoms with Crippen LogP contribution in [0, 0.1) is 0 Å². The molecule has 2 rings (SSSR count). The van der Waals surface area contributed by atoms with Gasteiger partial charge in [-0.2, -0.15) is 0 Å². The van der Waals surface area contributed by atoms with Crippen LogP contribution >= 0.6 is 0 Å². The molecule has 0 spiro atoms. The third-order valence-corrected chi connectivity index (χ3v) is 3.22. The Kier molecular flexibility index (Phi) is 3.27. The van der Waals surface area contributed by atoms with E-state index in [-0.39, 0.29) is 0 Å². The number of likely N-dealkylation sites (N-methyl/N-ethyl adjacent to an activating group) is 1. The molecule has 1 aromatic carbocycles. The monoisotopic (exact) mass is 204 g/mol. The fourth-order valence-electron chi connectivity index (χ4n) is 2.17. The lowest BCUT2D eigenvalue weighted by Gasteiger charge is -2.35. The van der Waals surface area contributed by atoms with Crippen molar-refractivity contribution in [1.29, 1.82) is 0 Å². The van der Waals surface area contributed by atoms with Crippen LogP contribution in [0.1, 0.15) is 12.5 Å². The molecule has 1 fully saturated rings. The van der Waals surface area contributed by atoms with Crippen LogP contribution in [-0.4, -0.2) is 38.1 Å². The normalized spacial score (nSPS) is 18.1. The molecule has 1 aromatic rings. The zero-order valence-corrected chi connectivity index (χ0v) is 9.74. The summed E-state index contributed by atoms with van der Waals surface area (Å²) >= 11 is 0. The first-order chi connectivity index (χ1) is 7.31. The van der Waals surface area contributed by atoms with Crippen LogP contribution in [0.3, 0.4) is 0 Å². The van der Waals surface area contributed by atoms with Gasteiger partial charge in [-0.15, -0.1) is 0 Å². The summed E-state index contributed by atoms with van der Waals surface area (Å²) < 4.78 is 0. The van der Waals surface area contributed by atoms with Gasteiger partial charge in [0.2, 0.25) is 0 Å². The first kappa shape index (κ1) is 10.5. The molecule has 0 radical (unpaired) electrons. The van der Waals surface area contributed by atoms with E-state index in [1.54, 1.807) is 0 Å². The van der Waals surface area contributed by atoms with Crippen LogP contribution in [0.4, 0.5) is 5.69 Å². The van der Waals surface area contributed by atoms with E-state index in [1.807, 2.05) is 0 Å². The number of nitrogens with zero attached hydrogens (tertiary/aromatic N) is 2. The smallest absolute Gasteiger partial charge is 0.0399 e. The van der Waals surface area contributed by atoms with Crippen LogP contribution in [0.25, 0.3) is 0 Å². The second-order valence-corrected chi connectivity index (χ2v) is 4.27. The Hall–Kier alpha value is -1.02. The number of hydrogen-bond acceptors (Lipinski definition) is 2. The third kappa shape index (κ3) is 2.32. The average Bonchev–Trinajstić information content (AvgIpc) is 2.30. The summed E-state index contributed by atoms with van der Waals surface area (Å²) in [5, 5.41) is 0. The van der Waals surface area contributed by atoms with E-state index in [1.165, 1.54) is 24.3 Å². The summed E-state index contributed by atoms with van der Waals surface area (Å²) in [6.45, 7) is 6.91. The molecule has 2 heteroatoms. The molecule has 1 aliphatic rings. The average molecular weight is 204 g/mol. The van der Waals surface area contributed by atoms with E-state index < -0.39 is 0 Å². The summed E-state index contributed by atoms with van der Waals surface area (Å²) in [5.41, 5.74) is 2.91. The summed E-state index contributed by atoms with van der Waals surface area (Å²) in [4.78, 5) is 4.91. The van der Waals surface area contributed by atoms with E-state index in [0.717, 1.165) is 19.5 Å². The molecular weight excluding hydrogens is 184 g/mol. The van der Waals surface area contributed by atoms with Crippen molar-refractivity contribution >= 4 is 5.69 Å². The molecule has 0 unspecified atom stereocenters. The highest BCUT2D eigenvalue weighted by molar-refractivity contribution is 5.54. The summed E-state index contributed by atoms with van der Waals surface area (Å²) in [6, 6.07) is 8.78. The molecule has 82 valence electrons. The number of aryl methyl sites for hydroxylation is 1. The van der Waals surface area contributed by atoms with Gasteiger partial charge >= 0.3 is 0 Å². The van der Waals surface area contributed by atoms with E-state index >= 15 is 0 Å².